The molecule has 2 amide bonds. The van der Waals surface area contributed by atoms with Gasteiger partial charge in [0.15, 0.2) is 0 Å². The number of nitrogens with zero attached hydrogens (tertiary/aromatic N) is 3. The van der Waals surface area contributed by atoms with Crippen LogP contribution in [0.2, 0.25) is 0 Å². The maximum atomic E-state index is 12.9. The Morgan fingerprint density at radius 2 is 2.04 bits per heavy atom. The molecule has 6 nitrogen and oxygen atoms in total. The van der Waals surface area contributed by atoms with Crippen molar-refractivity contribution < 1.29 is 14.3 Å². The van der Waals surface area contributed by atoms with Gasteiger partial charge in [-0.2, -0.15) is 0 Å². The van der Waals surface area contributed by atoms with Crippen LogP contribution in [0.4, 0.5) is 0 Å². The molecular weight excluding hydrogens is 374 g/mol. The van der Waals surface area contributed by atoms with Gasteiger partial charge in [-0.1, -0.05) is 30.3 Å². The Bertz CT molecular complexity index is 854. The van der Waals surface area contributed by atoms with E-state index in [0.29, 0.717) is 31.9 Å². The van der Waals surface area contributed by atoms with E-state index in [0.717, 1.165) is 30.8 Å². The van der Waals surface area contributed by atoms with Crippen molar-refractivity contribution in [1.29, 1.82) is 0 Å². The van der Waals surface area contributed by atoms with E-state index in [-0.39, 0.29) is 11.8 Å². The number of methoxy groups -OCH3 is 1. The fourth-order valence-corrected chi connectivity index (χ4v) is 4.96. The zero-order chi connectivity index (χ0) is 19.6. The molecular formula is C21H25N3O3S. The Hall–Kier alpha value is -2.25. The van der Waals surface area contributed by atoms with Gasteiger partial charge in [0.1, 0.15) is 5.69 Å². The normalized spacial score (nSPS) is 21.8. The number of carbonyl (C=O) groups is 2. The van der Waals surface area contributed by atoms with E-state index in [1.165, 1.54) is 16.9 Å². The first-order valence-corrected chi connectivity index (χ1v) is 10.6. The molecule has 0 saturated carbocycles. The van der Waals surface area contributed by atoms with Gasteiger partial charge < -0.3 is 14.5 Å². The third-order valence-corrected chi connectivity index (χ3v) is 6.63. The predicted octanol–water partition coefficient (Wildman–Crippen LogP) is 2.44. The summed E-state index contributed by atoms with van der Waals surface area (Å²) in [5.74, 6) is 0.110. The number of rotatable bonds is 6. The Kier molecular flexibility index (Phi) is 5.46. The van der Waals surface area contributed by atoms with Crippen LogP contribution in [0.1, 0.15) is 33.9 Å². The average molecular weight is 400 g/mol. The van der Waals surface area contributed by atoms with E-state index in [9.17, 15) is 9.59 Å². The van der Waals surface area contributed by atoms with Crippen molar-refractivity contribution in [2.24, 2.45) is 5.41 Å². The Morgan fingerprint density at radius 1 is 1.25 bits per heavy atom. The molecule has 28 heavy (non-hydrogen) atoms. The lowest BCUT2D eigenvalue weighted by Gasteiger charge is -2.23. The van der Waals surface area contributed by atoms with Gasteiger partial charge in [-0.3, -0.25) is 9.59 Å². The number of likely N-dealkylation sites (tertiary alicyclic amines) is 2. The zero-order valence-electron chi connectivity index (χ0n) is 16.1. The molecule has 1 spiro atoms. The molecule has 0 aliphatic carbocycles. The van der Waals surface area contributed by atoms with Crippen molar-refractivity contribution in [3.8, 4) is 0 Å². The lowest BCUT2D eigenvalue weighted by atomic mass is 9.85. The maximum absolute atomic E-state index is 12.9. The van der Waals surface area contributed by atoms with Gasteiger partial charge in [-0.25, -0.2) is 4.98 Å². The molecule has 0 radical (unpaired) electrons. The lowest BCUT2D eigenvalue weighted by Crippen LogP contribution is -2.39. The molecule has 1 aromatic heterocycles. The standard InChI is InChI=1S/C21H25N3O3S/c1-27-12-11-23-9-7-21(20(23)26)8-10-24(15-21)19(25)17-14-28-18(22-17)13-16-5-3-2-4-6-16/h2-6,14H,7-13,15H2,1H3. The zero-order valence-corrected chi connectivity index (χ0v) is 16.9. The third kappa shape index (κ3) is 3.69. The molecule has 1 aromatic carbocycles. The van der Waals surface area contributed by atoms with Gasteiger partial charge in [0.25, 0.3) is 5.91 Å². The molecule has 148 valence electrons. The highest BCUT2D eigenvalue weighted by Crippen LogP contribution is 2.41. The number of amides is 2. The molecule has 0 N–H and O–H groups in total. The minimum Gasteiger partial charge on any atom is -0.383 e. The van der Waals surface area contributed by atoms with Crippen molar-refractivity contribution in [2.45, 2.75) is 19.3 Å². The molecule has 2 aliphatic heterocycles. The molecule has 1 unspecified atom stereocenters. The van der Waals surface area contributed by atoms with Crippen LogP contribution in [0.25, 0.3) is 0 Å². The molecule has 3 heterocycles. The van der Waals surface area contributed by atoms with Gasteiger partial charge >= 0.3 is 0 Å². The summed E-state index contributed by atoms with van der Waals surface area (Å²) in [6, 6.07) is 10.1. The maximum Gasteiger partial charge on any atom is 0.273 e. The van der Waals surface area contributed by atoms with Crippen LogP contribution < -0.4 is 0 Å². The van der Waals surface area contributed by atoms with Gasteiger partial charge in [0, 0.05) is 45.1 Å². The lowest BCUT2D eigenvalue weighted by molar-refractivity contribution is -0.135. The number of aromatic nitrogens is 1. The van der Waals surface area contributed by atoms with Gasteiger partial charge in [-0.15, -0.1) is 11.3 Å². The van der Waals surface area contributed by atoms with Crippen LogP contribution in [-0.2, 0) is 16.0 Å². The first kappa shape index (κ1) is 19.1. The number of thiazole rings is 1. The summed E-state index contributed by atoms with van der Waals surface area (Å²) >= 11 is 1.52. The summed E-state index contributed by atoms with van der Waals surface area (Å²) < 4.78 is 5.10. The van der Waals surface area contributed by atoms with E-state index in [1.807, 2.05) is 28.5 Å². The first-order valence-electron chi connectivity index (χ1n) is 9.67. The number of hydrogen-bond acceptors (Lipinski definition) is 5. The number of benzene rings is 1. The highest BCUT2D eigenvalue weighted by Gasteiger charge is 2.51. The summed E-state index contributed by atoms with van der Waals surface area (Å²) in [6.45, 7) is 3.05. The van der Waals surface area contributed by atoms with Crippen molar-refractivity contribution >= 4 is 23.2 Å². The fraction of sp³-hybridized carbons (Fsp3) is 0.476. The summed E-state index contributed by atoms with van der Waals surface area (Å²) in [5, 5.41) is 2.78. The van der Waals surface area contributed by atoms with Crippen molar-refractivity contribution in [3.63, 3.8) is 0 Å². The fourth-order valence-electron chi connectivity index (χ4n) is 4.15. The Labute approximate surface area is 169 Å². The molecule has 2 aliphatic rings. The quantitative estimate of drug-likeness (QED) is 0.749. The second-order valence-electron chi connectivity index (χ2n) is 7.58. The average Bonchev–Trinajstić information content (AvgIpc) is 3.42. The minimum atomic E-state index is -0.410. The highest BCUT2D eigenvalue weighted by atomic mass is 32.1. The summed E-state index contributed by atoms with van der Waals surface area (Å²) in [6.07, 6.45) is 2.29. The first-order chi connectivity index (χ1) is 13.6. The monoisotopic (exact) mass is 399 g/mol. The van der Waals surface area contributed by atoms with E-state index in [2.05, 4.69) is 17.1 Å². The Morgan fingerprint density at radius 3 is 2.82 bits per heavy atom. The molecule has 4 rings (SSSR count). The van der Waals surface area contributed by atoms with Gasteiger partial charge in [-0.05, 0) is 18.4 Å². The van der Waals surface area contributed by atoms with Crippen LogP contribution >= 0.6 is 11.3 Å². The van der Waals surface area contributed by atoms with Gasteiger partial charge in [0.05, 0.1) is 17.0 Å². The third-order valence-electron chi connectivity index (χ3n) is 5.78. The van der Waals surface area contributed by atoms with Crippen molar-refractivity contribution in [3.05, 3.63) is 52.0 Å². The highest BCUT2D eigenvalue weighted by molar-refractivity contribution is 7.09. The minimum absolute atomic E-state index is 0.0596. The number of ether oxygens (including phenoxy) is 1. The largest absolute Gasteiger partial charge is 0.383 e. The number of hydrogen-bond donors (Lipinski definition) is 0. The van der Waals surface area contributed by atoms with Crippen molar-refractivity contribution in [1.82, 2.24) is 14.8 Å². The molecule has 2 aromatic rings. The number of carbonyl (C=O) groups excluding carboxylic acids is 2. The van der Waals surface area contributed by atoms with Crippen molar-refractivity contribution in [2.75, 3.05) is 39.9 Å². The molecule has 2 fully saturated rings. The second kappa shape index (κ2) is 8.01. The summed E-state index contributed by atoms with van der Waals surface area (Å²) in [4.78, 5) is 34.0. The van der Waals surface area contributed by atoms with E-state index >= 15 is 0 Å². The smallest absolute Gasteiger partial charge is 0.273 e. The van der Waals surface area contributed by atoms with Crippen LogP contribution in [0, 0.1) is 5.41 Å². The van der Waals surface area contributed by atoms with Crippen LogP contribution in [0.3, 0.4) is 0 Å². The summed E-state index contributed by atoms with van der Waals surface area (Å²) in [7, 11) is 1.65. The van der Waals surface area contributed by atoms with E-state index in [4.69, 9.17) is 4.74 Å². The molecule has 2 saturated heterocycles. The summed E-state index contributed by atoms with van der Waals surface area (Å²) in [5.41, 5.74) is 1.27. The molecule has 1 atom stereocenters. The van der Waals surface area contributed by atoms with E-state index < -0.39 is 5.41 Å². The topological polar surface area (TPSA) is 62.7 Å². The molecule has 0 bridgehead atoms. The van der Waals surface area contributed by atoms with Crippen LogP contribution in [-0.4, -0.2) is 66.5 Å². The SMILES string of the molecule is COCCN1CCC2(CCN(C(=O)c3csc(Cc4ccccc4)n3)C2)C1=O. The van der Waals surface area contributed by atoms with Crippen LogP contribution in [0.15, 0.2) is 35.7 Å². The van der Waals surface area contributed by atoms with Gasteiger partial charge in [0.2, 0.25) is 5.91 Å². The van der Waals surface area contributed by atoms with Crippen LogP contribution in [0.5, 0.6) is 0 Å². The predicted molar refractivity (Wildman–Crippen MR) is 107 cm³/mol. The Balaban J connectivity index is 1.39. The second-order valence-corrected chi connectivity index (χ2v) is 8.52. The molecule has 7 heteroatoms. The van der Waals surface area contributed by atoms with E-state index in [1.54, 1.807) is 12.0 Å².